The van der Waals surface area contributed by atoms with Crippen LogP contribution in [0.4, 0.5) is 5.69 Å². The predicted molar refractivity (Wildman–Crippen MR) is 91.1 cm³/mol. The Kier molecular flexibility index (Phi) is 2.72. The molecular formula is C17H12BrN3. The number of nitrogens with one attached hydrogen (secondary N) is 1. The van der Waals surface area contributed by atoms with Crippen LogP contribution in [-0.2, 0) is 0 Å². The maximum absolute atomic E-state index is 6.17. The molecule has 0 aliphatic rings. The molecule has 102 valence electrons. The lowest BCUT2D eigenvalue weighted by Crippen LogP contribution is -1.87. The molecule has 2 aromatic heterocycles. The molecule has 2 aromatic carbocycles. The second-order valence-electron chi connectivity index (χ2n) is 4.96. The number of fused-ring (bicyclic) bond motifs is 3. The van der Waals surface area contributed by atoms with Gasteiger partial charge in [0.05, 0.1) is 22.4 Å². The molecule has 4 heteroatoms. The molecule has 0 amide bonds. The normalized spacial score (nSPS) is 11.3. The summed E-state index contributed by atoms with van der Waals surface area (Å²) >= 11 is 3.48. The van der Waals surface area contributed by atoms with Gasteiger partial charge in [0, 0.05) is 27.0 Å². The monoisotopic (exact) mass is 337 g/mol. The maximum atomic E-state index is 6.17. The van der Waals surface area contributed by atoms with Gasteiger partial charge in [-0.2, -0.15) is 0 Å². The Bertz CT molecular complexity index is 958. The highest BCUT2D eigenvalue weighted by molar-refractivity contribution is 9.10. The van der Waals surface area contributed by atoms with Crippen molar-refractivity contribution in [2.24, 2.45) is 0 Å². The molecule has 0 saturated heterocycles. The van der Waals surface area contributed by atoms with E-state index in [4.69, 9.17) is 5.73 Å². The second-order valence-corrected chi connectivity index (χ2v) is 5.81. The first kappa shape index (κ1) is 12.4. The van der Waals surface area contributed by atoms with E-state index in [2.05, 4.69) is 44.1 Å². The molecule has 3 nitrogen and oxygen atoms in total. The third-order valence-electron chi connectivity index (χ3n) is 3.73. The minimum absolute atomic E-state index is 0.725. The summed E-state index contributed by atoms with van der Waals surface area (Å²) in [5.41, 5.74) is 10.9. The van der Waals surface area contributed by atoms with Gasteiger partial charge < -0.3 is 10.7 Å². The number of nitrogens with zero attached hydrogens (tertiary/aromatic N) is 1. The number of aromatic nitrogens is 2. The molecule has 0 saturated carbocycles. The van der Waals surface area contributed by atoms with Crippen molar-refractivity contribution in [3.05, 3.63) is 59.2 Å². The Morgan fingerprint density at radius 1 is 0.905 bits per heavy atom. The molecule has 21 heavy (non-hydrogen) atoms. The number of nitrogens with two attached hydrogens (primary N) is 1. The van der Waals surface area contributed by atoms with E-state index < -0.39 is 0 Å². The van der Waals surface area contributed by atoms with Crippen LogP contribution >= 0.6 is 15.9 Å². The number of benzene rings is 2. The summed E-state index contributed by atoms with van der Waals surface area (Å²) in [6, 6.07) is 16.2. The van der Waals surface area contributed by atoms with Gasteiger partial charge in [0.2, 0.25) is 0 Å². The first-order valence-corrected chi connectivity index (χ1v) is 7.45. The number of anilines is 1. The molecule has 0 fully saturated rings. The van der Waals surface area contributed by atoms with Crippen LogP contribution in [0.5, 0.6) is 0 Å². The summed E-state index contributed by atoms with van der Waals surface area (Å²) in [5, 5.41) is 2.25. The Morgan fingerprint density at radius 2 is 1.67 bits per heavy atom. The fourth-order valence-corrected chi connectivity index (χ4v) is 3.04. The van der Waals surface area contributed by atoms with Gasteiger partial charge in [0.25, 0.3) is 0 Å². The first-order valence-electron chi connectivity index (χ1n) is 6.65. The topological polar surface area (TPSA) is 54.7 Å². The third kappa shape index (κ3) is 1.83. The fourth-order valence-electron chi connectivity index (χ4n) is 2.71. The van der Waals surface area contributed by atoms with Gasteiger partial charge in [0.15, 0.2) is 0 Å². The molecule has 0 spiro atoms. The van der Waals surface area contributed by atoms with Crippen molar-refractivity contribution in [2.75, 3.05) is 5.73 Å². The summed E-state index contributed by atoms with van der Waals surface area (Å²) in [6.45, 7) is 0. The number of H-pyrrole nitrogens is 1. The lowest BCUT2D eigenvalue weighted by atomic mass is 10.1. The summed E-state index contributed by atoms with van der Waals surface area (Å²) in [4.78, 5) is 7.98. The van der Waals surface area contributed by atoms with E-state index in [0.717, 1.165) is 43.2 Å². The molecule has 0 unspecified atom stereocenters. The maximum Gasteiger partial charge on any atom is 0.0943 e. The van der Waals surface area contributed by atoms with Crippen molar-refractivity contribution < 1.29 is 0 Å². The molecule has 0 atom stereocenters. The Labute approximate surface area is 129 Å². The van der Waals surface area contributed by atoms with E-state index >= 15 is 0 Å². The van der Waals surface area contributed by atoms with Crippen molar-refractivity contribution in [3.8, 4) is 11.3 Å². The summed E-state index contributed by atoms with van der Waals surface area (Å²) < 4.78 is 0.899. The van der Waals surface area contributed by atoms with Crippen molar-refractivity contribution in [2.45, 2.75) is 0 Å². The van der Waals surface area contributed by atoms with Crippen LogP contribution in [0.25, 0.3) is 33.1 Å². The van der Waals surface area contributed by atoms with Crippen LogP contribution in [-0.4, -0.2) is 9.97 Å². The number of halogens is 1. The Hall–Kier alpha value is -2.33. The summed E-state index contributed by atoms with van der Waals surface area (Å²) in [7, 11) is 0. The van der Waals surface area contributed by atoms with Gasteiger partial charge in [-0.15, -0.1) is 0 Å². The highest BCUT2D eigenvalue weighted by Gasteiger charge is 2.13. The average molecular weight is 338 g/mol. The summed E-state index contributed by atoms with van der Waals surface area (Å²) in [5.74, 6) is 0. The zero-order chi connectivity index (χ0) is 14.4. The van der Waals surface area contributed by atoms with Crippen LogP contribution in [0.3, 0.4) is 0 Å². The van der Waals surface area contributed by atoms with Gasteiger partial charge in [-0.3, -0.25) is 4.98 Å². The lowest BCUT2D eigenvalue weighted by molar-refractivity contribution is 1.34. The van der Waals surface area contributed by atoms with E-state index in [1.165, 1.54) is 0 Å². The highest BCUT2D eigenvalue weighted by Crippen LogP contribution is 2.36. The van der Waals surface area contributed by atoms with Gasteiger partial charge in [-0.25, -0.2) is 0 Å². The number of pyridine rings is 1. The molecule has 0 radical (unpaired) electrons. The van der Waals surface area contributed by atoms with Crippen LogP contribution in [0.15, 0.2) is 59.2 Å². The van der Waals surface area contributed by atoms with E-state index in [-0.39, 0.29) is 0 Å². The van der Waals surface area contributed by atoms with Crippen molar-refractivity contribution >= 4 is 43.4 Å². The zero-order valence-electron chi connectivity index (χ0n) is 11.1. The standard InChI is InChI=1S/C17H12BrN3/c18-13-7-6-11-12-8-9-20-15(10-4-2-1-3-5-10)17(12)21-16(11)14(13)19/h1-9,21H,19H2. The lowest BCUT2D eigenvalue weighted by Gasteiger charge is -2.01. The van der Waals surface area contributed by atoms with Crippen molar-refractivity contribution in [1.82, 2.24) is 9.97 Å². The predicted octanol–water partition coefficient (Wildman–Crippen LogP) is 4.73. The minimum atomic E-state index is 0.725. The number of nitrogen functional groups attached to an aromatic ring is 1. The molecular weight excluding hydrogens is 326 g/mol. The number of hydrogen-bond acceptors (Lipinski definition) is 2. The number of rotatable bonds is 1. The second kappa shape index (κ2) is 4.60. The fraction of sp³-hybridized carbons (Fsp3) is 0. The molecule has 3 N–H and O–H groups in total. The first-order chi connectivity index (χ1) is 10.3. The van der Waals surface area contributed by atoms with Gasteiger partial charge in [-0.05, 0) is 28.1 Å². The van der Waals surface area contributed by atoms with E-state index in [1.54, 1.807) is 0 Å². The van der Waals surface area contributed by atoms with Crippen LogP contribution in [0.2, 0.25) is 0 Å². The summed E-state index contributed by atoms with van der Waals surface area (Å²) in [6.07, 6.45) is 1.84. The van der Waals surface area contributed by atoms with Crippen molar-refractivity contribution in [1.29, 1.82) is 0 Å². The van der Waals surface area contributed by atoms with E-state index in [1.807, 2.05) is 36.5 Å². The SMILES string of the molecule is Nc1c(Br)ccc2c1[nH]c1c(-c3ccccc3)nccc12. The average Bonchev–Trinajstić information content (AvgIpc) is 2.91. The van der Waals surface area contributed by atoms with Gasteiger partial charge in [0.1, 0.15) is 0 Å². The molecule has 2 heterocycles. The smallest absolute Gasteiger partial charge is 0.0943 e. The Balaban J connectivity index is 2.13. The van der Waals surface area contributed by atoms with Crippen LogP contribution < -0.4 is 5.73 Å². The third-order valence-corrected chi connectivity index (χ3v) is 4.42. The highest BCUT2D eigenvalue weighted by atomic mass is 79.9. The zero-order valence-corrected chi connectivity index (χ0v) is 12.7. The molecule has 4 aromatic rings. The number of aromatic amines is 1. The molecule has 0 aliphatic heterocycles. The minimum Gasteiger partial charge on any atom is -0.396 e. The molecule has 0 bridgehead atoms. The van der Waals surface area contributed by atoms with Gasteiger partial charge in [-0.1, -0.05) is 36.4 Å². The van der Waals surface area contributed by atoms with Crippen molar-refractivity contribution in [3.63, 3.8) is 0 Å². The van der Waals surface area contributed by atoms with Crippen LogP contribution in [0, 0.1) is 0 Å². The number of hydrogen-bond donors (Lipinski definition) is 2. The van der Waals surface area contributed by atoms with Gasteiger partial charge >= 0.3 is 0 Å². The van der Waals surface area contributed by atoms with E-state index in [9.17, 15) is 0 Å². The largest absolute Gasteiger partial charge is 0.396 e. The molecule has 0 aliphatic carbocycles. The Morgan fingerprint density at radius 3 is 2.48 bits per heavy atom. The molecule has 4 rings (SSSR count). The van der Waals surface area contributed by atoms with Crippen LogP contribution in [0.1, 0.15) is 0 Å². The van der Waals surface area contributed by atoms with E-state index in [0.29, 0.717) is 0 Å². The quantitative estimate of drug-likeness (QED) is 0.493.